The first kappa shape index (κ1) is 19.1. The van der Waals surface area contributed by atoms with E-state index in [-0.39, 0.29) is 23.5 Å². The number of piperidine rings is 1. The van der Waals surface area contributed by atoms with E-state index in [0.717, 1.165) is 12.8 Å². The highest BCUT2D eigenvalue weighted by Gasteiger charge is 2.29. The van der Waals surface area contributed by atoms with Crippen molar-refractivity contribution in [2.45, 2.75) is 19.8 Å². The number of nitrogens with one attached hydrogen (secondary N) is 1. The molecule has 1 aliphatic heterocycles. The first-order chi connectivity index (χ1) is 12.9. The number of likely N-dealkylation sites (tertiary alicyclic amines) is 1. The lowest BCUT2D eigenvalue weighted by molar-refractivity contribution is -0.121. The summed E-state index contributed by atoms with van der Waals surface area (Å²) in [5, 5.41) is 3.45. The summed E-state index contributed by atoms with van der Waals surface area (Å²) in [6, 6.07) is 13.6. The van der Waals surface area contributed by atoms with Gasteiger partial charge in [-0.05, 0) is 56.2 Å². The summed E-state index contributed by atoms with van der Waals surface area (Å²) in [7, 11) is 0. The van der Waals surface area contributed by atoms with E-state index in [0.29, 0.717) is 34.9 Å². The van der Waals surface area contributed by atoms with Crippen molar-refractivity contribution >= 4 is 34.9 Å². The lowest BCUT2D eigenvalue weighted by atomic mass is 9.96. The summed E-state index contributed by atoms with van der Waals surface area (Å²) in [6.45, 7) is 2.49. The number of benzene rings is 2. The van der Waals surface area contributed by atoms with Crippen molar-refractivity contribution in [3.63, 3.8) is 0 Å². The van der Waals surface area contributed by atoms with Gasteiger partial charge in [-0.3, -0.25) is 14.4 Å². The SMILES string of the molecule is CC(=O)c1cccc(NC(=O)C2CCCN(C(=O)c3ccc(Cl)cc3)C2)c1. The predicted octanol–water partition coefficient (Wildman–Crippen LogP) is 4.03. The summed E-state index contributed by atoms with van der Waals surface area (Å²) < 4.78 is 0. The van der Waals surface area contributed by atoms with Gasteiger partial charge in [0, 0.05) is 34.9 Å². The molecule has 0 spiro atoms. The standard InChI is InChI=1S/C21H21ClN2O3/c1-14(25)16-4-2-6-19(12-16)23-20(26)17-5-3-11-24(13-17)21(27)15-7-9-18(22)10-8-15/h2,4,6-10,12,17H,3,5,11,13H2,1H3,(H,23,26). The second kappa shape index (κ2) is 8.35. The minimum absolute atomic E-state index is 0.0523. The minimum atomic E-state index is -0.281. The number of anilines is 1. The molecule has 0 radical (unpaired) electrons. The van der Waals surface area contributed by atoms with Crippen molar-refractivity contribution in [3.8, 4) is 0 Å². The van der Waals surface area contributed by atoms with Gasteiger partial charge < -0.3 is 10.2 Å². The van der Waals surface area contributed by atoms with Gasteiger partial charge in [0.1, 0.15) is 0 Å². The van der Waals surface area contributed by atoms with Crippen LogP contribution in [-0.4, -0.2) is 35.6 Å². The summed E-state index contributed by atoms with van der Waals surface area (Å²) in [6.07, 6.45) is 1.49. The van der Waals surface area contributed by atoms with Crippen LogP contribution in [0.5, 0.6) is 0 Å². The van der Waals surface area contributed by atoms with Gasteiger partial charge in [-0.15, -0.1) is 0 Å². The van der Waals surface area contributed by atoms with Crippen molar-refractivity contribution in [2.24, 2.45) is 5.92 Å². The zero-order valence-corrected chi connectivity index (χ0v) is 15.8. The molecule has 1 heterocycles. The zero-order chi connectivity index (χ0) is 19.4. The molecule has 27 heavy (non-hydrogen) atoms. The fourth-order valence-corrected chi connectivity index (χ4v) is 3.34. The van der Waals surface area contributed by atoms with Crippen LogP contribution in [0.3, 0.4) is 0 Å². The van der Waals surface area contributed by atoms with Crippen LogP contribution in [0.15, 0.2) is 48.5 Å². The number of amides is 2. The molecule has 6 heteroatoms. The quantitative estimate of drug-likeness (QED) is 0.809. The second-order valence-corrected chi connectivity index (χ2v) is 7.16. The van der Waals surface area contributed by atoms with E-state index >= 15 is 0 Å². The minimum Gasteiger partial charge on any atom is -0.338 e. The highest BCUT2D eigenvalue weighted by molar-refractivity contribution is 6.30. The average molecular weight is 385 g/mol. The lowest BCUT2D eigenvalue weighted by Gasteiger charge is -2.32. The van der Waals surface area contributed by atoms with Crippen molar-refractivity contribution < 1.29 is 14.4 Å². The first-order valence-electron chi connectivity index (χ1n) is 8.91. The van der Waals surface area contributed by atoms with Crippen molar-refractivity contribution in [1.82, 2.24) is 4.90 Å². The molecule has 1 atom stereocenters. The molecule has 0 aromatic heterocycles. The van der Waals surface area contributed by atoms with Gasteiger partial charge in [-0.2, -0.15) is 0 Å². The highest BCUT2D eigenvalue weighted by Crippen LogP contribution is 2.21. The number of Topliss-reactive ketones (excluding diaryl/α,β-unsaturated/α-hetero) is 1. The van der Waals surface area contributed by atoms with Crippen LogP contribution in [0.1, 0.15) is 40.5 Å². The molecule has 0 saturated carbocycles. The molecular weight excluding hydrogens is 364 g/mol. The molecular formula is C21H21ClN2O3. The van der Waals surface area contributed by atoms with Crippen molar-refractivity contribution in [1.29, 1.82) is 0 Å². The van der Waals surface area contributed by atoms with Gasteiger partial charge in [-0.25, -0.2) is 0 Å². The maximum atomic E-state index is 12.7. The van der Waals surface area contributed by atoms with Crippen LogP contribution in [-0.2, 0) is 4.79 Å². The zero-order valence-electron chi connectivity index (χ0n) is 15.1. The van der Waals surface area contributed by atoms with E-state index < -0.39 is 0 Å². The topological polar surface area (TPSA) is 66.5 Å². The Labute approximate surface area is 163 Å². The van der Waals surface area contributed by atoms with Crippen LogP contribution >= 0.6 is 11.6 Å². The van der Waals surface area contributed by atoms with Gasteiger partial charge in [-0.1, -0.05) is 23.7 Å². The number of carbonyl (C=O) groups excluding carboxylic acids is 3. The molecule has 0 bridgehead atoms. The van der Waals surface area contributed by atoms with E-state index in [9.17, 15) is 14.4 Å². The highest BCUT2D eigenvalue weighted by atomic mass is 35.5. The Balaban J connectivity index is 1.66. The molecule has 0 aliphatic carbocycles. The number of halogens is 1. The fourth-order valence-electron chi connectivity index (χ4n) is 3.21. The monoisotopic (exact) mass is 384 g/mol. The third-order valence-corrected chi connectivity index (χ3v) is 4.96. The van der Waals surface area contributed by atoms with Gasteiger partial charge in [0.05, 0.1) is 5.92 Å². The summed E-state index contributed by atoms with van der Waals surface area (Å²) in [5.74, 6) is -0.563. The van der Waals surface area contributed by atoms with Gasteiger partial charge >= 0.3 is 0 Å². The largest absolute Gasteiger partial charge is 0.338 e. The summed E-state index contributed by atoms with van der Waals surface area (Å²) in [5.41, 5.74) is 1.71. The molecule has 1 N–H and O–H groups in total. The van der Waals surface area contributed by atoms with Gasteiger partial charge in [0.2, 0.25) is 5.91 Å². The third kappa shape index (κ3) is 4.74. The fraction of sp³-hybridized carbons (Fsp3) is 0.286. The number of carbonyl (C=O) groups is 3. The predicted molar refractivity (Wildman–Crippen MR) is 105 cm³/mol. The second-order valence-electron chi connectivity index (χ2n) is 6.72. The van der Waals surface area contributed by atoms with E-state index in [1.54, 1.807) is 53.4 Å². The third-order valence-electron chi connectivity index (χ3n) is 4.71. The van der Waals surface area contributed by atoms with Crippen LogP contribution < -0.4 is 5.32 Å². The van der Waals surface area contributed by atoms with Crippen LogP contribution in [0, 0.1) is 5.92 Å². The van der Waals surface area contributed by atoms with E-state index in [1.807, 2.05) is 0 Å². The van der Waals surface area contributed by atoms with E-state index in [2.05, 4.69) is 5.32 Å². The number of rotatable bonds is 4. The van der Waals surface area contributed by atoms with Crippen LogP contribution in [0.4, 0.5) is 5.69 Å². The Morgan fingerprint density at radius 3 is 2.52 bits per heavy atom. The van der Waals surface area contributed by atoms with Crippen LogP contribution in [0.25, 0.3) is 0 Å². The normalized spacial score (nSPS) is 16.7. The number of hydrogen-bond donors (Lipinski definition) is 1. The molecule has 1 unspecified atom stereocenters. The molecule has 140 valence electrons. The number of hydrogen-bond acceptors (Lipinski definition) is 3. The average Bonchev–Trinajstić information content (AvgIpc) is 2.68. The molecule has 1 fully saturated rings. The van der Waals surface area contributed by atoms with Crippen molar-refractivity contribution in [2.75, 3.05) is 18.4 Å². The molecule has 1 saturated heterocycles. The summed E-state index contributed by atoms with van der Waals surface area (Å²) in [4.78, 5) is 38.5. The lowest BCUT2D eigenvalue weighted by Crippen LogP contribution is -2.43. The Kier molecular flexibility index (Phi) is 5.91. The Hall–Kier alpha value is -2.66. The first-order valence-corrected chi connectivity index (χ1v) is 9.28. The maximum Gasteiger partial charge on any atom is 0.253 e. The molecule has 1 aliphatic rings. The Morgan fingerprint density at radius 1 is 1.07 bits per heavy atom. The molecule has 3 rings (SSSR count). The molecule has 5 nitrogen and oxygen atoms in total. The van der Waals surface area contributed by atoms with E-state index in [4.69, 9.17) is 11.6 Å². The van der Waals surface area contributed by atoms with E-state index in [1.165, 1.54) is 6.92 Å². The van der Waals surface area contributed by atoms with Crippen molar-refractivity contribution in [3.05, 3.63) is 64.7 Å². The summed E-state index contributed by atoms with van der Waals surface area (Å²) >= 11 is 5.88. The Morgan fingerprint density at radius 2 is 1.81 bits per heavy atom. The number of nitrogens with zero attached hydrogens (tertiary/aromatic N) is 1. The van der Waals surface area contributed by atoms with Gasteiger partial charge in [0.15, 0.2) is 5.78 Å². The molecule has 2 aromatic rings. The molecule has 2 aromatic carbocycles. The van der Waals surface area contributed by atoms with Crippen LogP contribution in [0.2, 0.25) is 5.02 Å². The Bertz CT molecular complexity index is 864. The smallest absolute Gasteiger partial charge is 0.253 e. The van der Waals surface area contributed by atoms with Gasteiger partial charge in [0.25, 0.3) is 5.91 Å². The maximum absolute atomic E-state index is 12.7. The number of ketones is 1. The molecule has 2 amide bonds.